The van der Waals surface area contributed by atoms with Gasteiger partial charge in [0.2, 0.25) is 0 Å². The molecule has 4 fully saturated rings. The summed E-state index contributed by atoms with van der Waals surface area (Å²) in [6, 6.07) is 9.46. The zero-order chi connectivity index (χ0) is 17.4. The summed E-state index contributed by atoms with van der Waals surface area (Å²) in [5.74, 6) is 3.39. The Labute approximate surface area is 169 Å². The van der Waals surface area contributed by atoms with Crippen molar-refractivity contribution in [2.24, 2.45) is 29.1 Å². The molecule has 1 aromatic rings. The van der Waals surface area contributed by atoms with Gasteiger partial charge >= 0.3 is 0 Å². The van der Waals surface area contributed by atoms with Crippen molar-refractivity contribution in [3.63, 3.8) is 0 Å². The quantitative estimate of drug-likeness (QED) is 0.325. The third kappa shape index (κ3) is 3.47. The number of rotatable bonds is 6. The molecule has 0 aromatic heterocycles. The molecule has 4 bridgehead atoms. The molecular weight excluding hydrogens is 445 g/mol. The molecule has 2 nitrogen and oxygen atoms in total. The minimum atomic E-state index is -0.237. The van der Waals surface area contributed by atoms with Crippen LogP contribution in [-0.2, 0) is 0 Å². The van der Waals surface area contributed by atoms with Crippen molar-refractivity contribution in [3.05, 3.63) is 35.9 Å². The highest BCUT2D eigenvalue weighted by atomic mass is 127. The first-order valence-electron chi connectivity index (χ1n) is 9.67. The first kappa shape index (κ1) is 18.1. The average molecular weight is 472 g/mol. The molecule has 136 valence electrons. The van der Waals surface area contributed by atoms with E-state index in [0.717, 1.165) is 23.7 Å². The van der Waals surface area contributed by atoms with Crippen LogP contribution in [0.1, 0.15) is 55.3 Å². The summed E-state index contributed by atoms with van der Waals surface area (Å²) < 4.78 is 1.27. The molecule has 5 rings (SSSR count). The lowest BCUT2D eigenvalue weighted by Gasteiger charge is -2.61. The first-order chi connectivity index (χ1) is 12.1. The van der Waals surface area contributed by atoms with Gasteiger partial charge in [0.05, 0.1) is 0 Å². The van der Waals surface area contributed by atoms with E-state index in [1.807, 2.05) is 30.3 Å². The van der Waals surface area contributed by atoms with Crippen LogP contribution in [0, 0.1) is 29.1 Å². The average Bonchev–Trinajstić information content (AvgIpc) is 2.61. The Morgan fingerprint density at radius 2 is 1.88 bits per heavy atom. The normalized spacial score (nSPS) is 37.0. The summed E-state index contributed by atoms with van der Waals surface area (Å²) in [5, 5.41) is 3.14. The number of halogens is 2. The van der Waals surface area contributed by atoms with E-state index in [-0.39, 0.29) is 16.8 Å². The number of alkyl halides is 2. The highest BCUT2D eigenvalue weighted by molar-refractivity contribution is 14.1. The molecule has 4 aliphatic carbocycles. The minimum Gasteiger partial charge on any atom is -0.335 e. The summed E-state index contributed by atoms with van der Waals surface area (Å²) >= 11 is 9.37. The number of amides is 1. The fraction of sp³-hybridized carbons (Fsp3) is 0.667. The molecule has 0 heterocycles. The fourth-order valence-electron chi connectivity index (χ4n) is 6.23. The molecule has 1 aromatic carbocycles. The third-order valence-electron chi connectivity index (χ3n) is 7.02. The van der Waals surface area contributed by atoms with Gasteiger partial charge in [0, 0.05) is 11.0 Å². The highest BCUT2D eigenvalue weighted by Crippen LogP contribution is 2.64. The van der Waals surface area contributed by atoms with Gasteiger partial charge in [-0.15, -0.1) is 0 Å². The van der Waals surface area contributed by atoms with Crippen molar-refractivity contribution in [3.8, 4) is 0 Å². The molecule has 3 atom stereocenters. The van der Waals surface area contributed by atoms with Crippen LogP contribution >= 0.6 is 34.2 Å². The monoisotopic (exact) mass is 471 g/mol. The van der Waals surface area contributed by atoms with Crippen molar-refractivity contribution < 1.29 is 4.79 Å². The van der Waals surface area contributed by atoms with Gasteiger partial charge in [0.1, 0.15) is 5.50 Å². The highest BCUT2D eigenvalue weighted by Gasteiger charge is 2.57. The molecule has 0 aliphatic heterocycles. The van der Waals surface area contributed by atoms with Gasteiger partial charge in [-0.2, -0.15) is 0 Å². The first-order valence-corrected chi connectivity index (χ1v) is 11.6. The molecule has 1 N–H and O–H groups in total. The van der Waals surface area contributed by atoms with Crippen LogP contribution in [0.3, 0.4) is 0 Å². The van der Waals surface area contributed by atoms with E-state index in [1.54, 1.807) is 0 Å². The Hall–Kier alpha value is -0.290. The largest absolute Gasteiger partial charge is 0.335 e. The molecule has 4 saturated carbocycles. The fourth-order valence-corrected chi connectivity index (χ4v) is 7.03. The molecule has 1 amide bonds. The second-order valence-corrected chi connectivity index (χ2v) is 10.0. The van der Waals surface area contributed by atoms with Gasteiger partial charge < -0.3 is 5.32 Å². The van der Waals surface area contributed by atoms with Crippen molar-refractivity contribution in [2.45, 2.75) is 50.4 Å². The van der Waals surface area contributed by atoms with Crippen molar-refractivity contribution in [1.29, 1.82) is 0 Å². The zero-order valence-corrected chi connectivity index (χ0v) is 17.5. The number of hydrogen-bond donors (Lipinski definition) is 1. The molecule has 3 unspecified atom stereocenters. The van der Waals surface area contributed by atoms with Crippen LogP contribution in [0.2, 0.25) is 0 Å². The Morgan fingerprint density at radius 3 is 2.52 bits per heavy atom. The van der Waals surface area contributed by atoms with Crippen LogP contribution in [0.4, 0.5) is 0 Å². The number of nitrogens with one attached hydrogen (secondary N) is 1. The summed E-state index contributed by atoms with van der Waals surface area (Å²) in [6.45, 7) is 0. The Balaban J connectivity index is 1.46. The predicted octanol–water partition coefficient (Wildman–Crippen LogP) is 5.64. The number of carbonyl (C=O) groups excluding carboxylic acids is 1. The van der Waals surface area contributed by atoms with E-state index in [0.29, 0.717) is 5.56 Å². The smallest absolute Gasteiger partial charge is 0.252 e. The maximum atomic E-state index is 12.6. The van der Waals surface area contributed by atoms with Crippen molar-refractivity contribution in [2.75, 3.05) is 4.43 Å². The molecule has 4 heteroatoms. The molecule has 0 saturated heterocycles. The van der Waals surface area contributed by atoms with Gasteiger partial charge in [-0.1, -0.05) is 52.4 Å². The van der Waals surface area contributed by atoms with Gasteiger partial charge in [0.25, 0.3) is 5.91 Å². The van der Waals surface area contributed by atoms with Gasteiger partial charge in [0.15, 0.2) is 0 Å². The molecule has 25 heavy (non-hydrogen) atoms. The Morgan fingerprint density at radius 1 is 1.20 bits per heavy atom. The van der Waals surface area contributed by atoms with Gasteiger partial charge in [-0.3, -0.25) is 4.79 Å². The Bertz CT molecular complexity index is 606. The van der Waals surface area contributed by atoms with Crippen LogP contribution in [0.15, 0.2) is 30.3 Å². The van der Waals surface area contributed by atoms with Crippen molar-refractivity contribution >= 4 is 40.1 Å². The lowest BCUT2D eigenvalue weighted by atomic mass is 9.45. The summed E-state index contributed by atoms with van der Waals surface area (Å²) in [4.78, 5) is 12.6. The second-order valence-electron chi connectivity index (χ2n) is 8.53. The molecule has 0 radical (unpaired) electrons. The topological polar surface area (TPSA) is 29.1 Å². The molecular formula is C21H27ClINO. The van der Waals surface area contributed by atoms with E-state index < -0.39 is 0 Å². The Kier molecular flexibility index (Phi) is 5.34. The van der Waals surface area contributed by atoms with Crippen LogP contribution in [0.5, 0.6) is 0 Å². The minimum absolute atomic E-state index is 0.0298. The number of hydrogen-bond acceptors (Lipinski definition) is 1. The van der Waals surface area contributed by atoms with E-state index in [2.05, 4.69) is 27.9 Å². The number of carbonyl (C=O) groups is 1. The van der Waals surface area contributed by atoms with Crippen LogP contribution < -0.4 is 5.32 Å². The second kappa shape index (κ2) is 7.38. The number of benzene rings is 1. The van der Waals surface area contributed by atoms with Gasteiger partial charge in [-0.25, -0.2) is 0 Å². The van der Waals surface area contributed by atoms with E-state index in [4.69, 9.17) is 11.6 Å². The van der Waals surface area contributed by atoms with Crippen LogP contribution in [0.25, 0.3) is 0 Å². The summed E-state index contributed by atoms with van der Waals surface area (Å²) in [6.07, 6.45) is 9.20. The van der Waals surface area contributed by atoms with Crippen LogP contribution in [-0.4, -0.2) is 15.8 Å². The van der Waals surface area contributed by atoms with E-state index in [1.165, 1.54) is 49.4 Å². The lowest BCUT2D eigenvalue weighted by molar-refractivity contribution is -0.101. The maximum absolute atomic E-state index is 12.6. The van der Waals surface area contributed by atoms with E-state index in [9.17, 15) is 4.79 Å². The van der Waals surface area contributed by atoms with Crippen molar-refractivity contribution in [1.82, 2.24) is 5.32 Å². The standard InChI is InChI=1S/C21H27ClINO/c22-20(24-19(25)15-5-2-1-3-6-15)21-11-14-9-16(12-21)18(7-4-8-23)17(10-14)13-21/h1-3,5-6,14,16-18,20H,4,7-13H2,(H,24,25). The molecule has 0 spiro atoms. The zero-order valence-electron chi connectivity index (χ0n) is 14.6. The van der Waals surface area contributed by atoms with Gasteiger partial charge in [-0.05, 0) is 85.2 Å². The summed E-state index contributed by atoms with van der Waals surface area (Å²) in [5.41, 5.74) is 0.597. The predicted molar refractivity (Wildman–Crippen MR) is 111 cm³/mol. The lowest BCUT2D eigenvalue weighted by Crippen LogP contribution is -2.57. The third-order valence-corrected chi connectivity index (χ3v) is 8.35. The van der Waals surface area contributed by atoms with E-state index >= 15 is 0 Å². The SMILES string of the molecule is O=C(NC(Cl)C12CC3CC(C1)C(CCCI)C(C3)C2)c1ccccc1. The summed E-state index contributed by atoms with van der Waals surface area (Å²) in [7, 11) is 0. The maximum Gasteiger partial charge on any atom is 0.252 e. The molecule has 4 aliphatic rings.